The van der Waals surface area contributed by atoms with Crippen molar-refractivity contribution >= 4 is 5.82 Å². The molecular formula is C17H25N3O. The summed E-state index contributed by atoms with van der Waals surface area (Å²) in [6.07, 6.45) is 3.64. The van der Waals surface area contributed by atoms with E-state index in [-0.39, 0.29) is 5.54 Å². The van der Waals surface area contributed by atoms with Gasteiger partial charge < -0.3 is 14.6 Å². The number of pyridine rings is 1. The van der Waals surface area contributed by atoms with E-state index in [0.717, 1.165) is 24.7 Å². The van der Waals surface area contributed by atoms with Crippen LogP contribution in [0.2, 0.25) is 0 Å². The standard InChI is InChI=1S/C17H25N3O/c1-13-9-14(11-19-17(2,3)4)10-18-16(13)20(5)12-15-7-6-8-21-15/h6-10,19H,11-12H2,1-5H3. The first-order chi connectivity index (χ1) is 9.85. The minimum atomic E-state index is 0.114. The predicted molar refractivity (Wildman–Crippen MR) is 86.4 cm³/mol. The van der Waals surface area contributed by atoms with Crippen LogP contribution in [0.1, 0.15) is 37.7 Å². The van der Waals surface area contributed by atoms with Crippen molar-refractivity contribution in [2.24, 2.45) is 0 Å². The summed E-state index contributed by atoms with van der Waals surface area (Å²) < 4.78 is 5.39. The molecule has 0 saturated carbocycles. The van der Waals surface area contributed by atoms with E-state index >= 15 is 0 Å². The summed E-state index contributed by atoms with van der Waals surface area (Å²) in [6, 6.07) is 6.08. The van der Waals surface area contributed by atoms with Crippen LogP contribution in [0.15, 0.2) is 35.1 Å². The van der Waals surface area contributed by atoms with Gasteiger partial charge in [-0.3, -0.25) is 0 Å². The molecule has 0 bridgehead atoms. The zero-order valence-corrected chi connectivity index (χ0v) is 13.6. The van der Waals surface area contributed by atoms with Gasteiger partial charge >= 0.3 is 0 Å². The summed E-state index contributed by atoms with van der Waals surface area (Å²) in [5.41, 5.74) is 2.50. The minimum Gasteiger partial charge on any atom is -0.467 e. The fourth-order valence-electron chi connectivity index (χ4n) is 2.20. The van der Waals surface area contributed by atoms with E-state index in [1.54, 1.807) is 6.26 Å². The van der Waals surface area contributed by atoms with E-state index in [2.05, 4.69) is 49.0 Å². The molecule has 4 heteroatoms. The number of furan rings is 1. The van der Waals surface area contributed by atoms with E-state index < -0.39 is 0 Å². The first kappa shape index (κ1) is 15.6. The van der Waals surface area contributed by atoms with E-state index in [0.29, 0.717) is 0 Å². The van der Waals surface area contributed by atoms with E-state index in [1.165, 1.54) is 11.1 Å². The molecule has 114 valence electrons. The zero-order valence-electron chi connectivity index (χ0n) is 13.6. The monoisotopic (exact) mass is 287 g/mol. The van der Waals surface area contributed by atoms with Crippen LogP contribution in [0.25, 0.3) is 0 Å². The Kier molecular flexibility index (Phi) is 4.68. The van der Waals surface area contributed by atoms with Gasteiger partial charge in [0.2, 0.25) is 0 Å². The van der Waals surface area contributed by atoms with Gasteiger partial charge in [0.25, 0.3) is 0 Å². The molecule has 0 aliphatic carbocycles. The van der Waals surface area contributed by atoms with E-state index in [1.807, 2.05) is 25.4 Å². The summed E-state index contributed by atoms with van der Waals surface area (Å²) >= 11 is 0. The zero-order chi connectivity index (χ0) is 15.5. The fourth-order valence-corrected chi connectivity index (χ4v) is 2.20. The van der Waals surface area contributed by atoms with Crippen molar-refractivity contribution in [3.8, 4) is 0 Å². The molecule has 0 fully saturated rings. The van der Waals surface area contributed by atoms with Gasteiger partial charge in [0, 0.05) is 25.3 Å². The van der Waals surface area contributed by atoms with Crippen molar-refractivity contribution in [3.05, 3.63) is 47.5 Å². The second kappa shape index (κ2) is 6.31. The number of nitrogens with zero attached hydrogens (tertiary/aromatic N) is 2. The lowest BCUT2D eigenvalue weighted by Crippen LogP contribution is -2.35. The van der Waals surface area contributed by atoms with Crippen molar-refractivity contribution in [3.63, 3.8) is 0 Å². The minimum absolute atomic E-state index is 0.114. The second-order valence-corrected chi connectivity index (χ2v) is 6.52. The number of aryl methyl sites for hydroxylation is 1. The van der Waals surface area contributed by atoms with Gasteiger partial charge in [-0.05, 0) is 57.0 Å². The fraction of sp³-hybridized carbons (Fsp3) is 0.471. The molecule has 0 saturated heterocycles. The first-order valence-electron chi connectivity index (χ1n) is 7.29. The van der Waals surface area contributed by atoms with E-state index in [4.69, 9.17) is 4.42 Å². The maximum atomic E-state index is 5.39. The van der Waals surface area contributed by atoms with Crippen molar-refractivity contribution in [2.75, 3.05) is 11.9 Å². The highest BCUT2D eigenvalue weighted by Crippen LogP contribution is 2.19. The molecule has 0 atom stereocenters. The van der Waals surface area contributed by atoms with Crippen LogP contribution < -0.4 is 10.2 Å². The van der Waals surface area contributed by atoms with Crippen LogP contribution in [0.4, 0.5) is 5.82 Å². The lowest BCUT2D eigenvalue weighted by molar-refractivity contribution is 0.424. The molecule has 1 N–H and O–H groups in total. The molecule has 2 heterocycles. The van der Waals surface area contributed by atoms with Crippen molar-refractivity contribution in [1.29, 1.82) is 0 Å². The molecule has 2 aromatic rings. The average molecular weight is 287 g/mol. The maximum absolute atomic E-state index is 5.39. The lowest BCUT2D eigenvalue weighted by atomic mass is 10.1. The van der Waals surface area contributed by atoms with Crippen LogP contribution in [0.3, 0.4) is 0 Å². The van der Waals surface area contributed by atoms with E-state index in [9.17, 15) is 0 Å². The van der Waals surface area contributed by atoms with Gasteiger partial charge in [0.05, 0.1) is 12.8 Å². The van der Waals surface area contributed by atoms with Gasteiger partial charge in [0.1, 0.15) is 11.6 Å². The Labute approximate surface area is 127 Å². The SMILES string of the molecule is Cc1cc(CNC(C)(C)C)cnc1N(C)Cc1ccco1. The first-order valence-corrected chi connectivity index (χ1v) is 7.29. The maximum Gasteiger partial charge on any atom is 0.131 e. The van der Waals surface area contributed by atoms with Crippen LogP contribution >= 0.6 is 0 Å². The molecule has 4 nitrogen and oxygen atoms in total. The topological polar surface area (TPSA) is 41.3 Å². The molecular weight excluding hydrogens is 262 g/mol. The molecule has 2 rings (SSSR count). The third-order valence-electron chi connectivity index (χ3n) is 3.26. The summed E-state index contributed by atoms with van der Waals surface area (Å²) in [4.78, 5) is 6.71. The number of anilines is 1. The molecule has 21 heavy (non-hydrogen) atoms. The third-order valence-corrected chi connectivity index (χ3v) is 3.26. The number of hydrogen-bond acceptors (Lipinski definition) is 4. The highest BCUT2D eigenvalue weighted by molar-refractivity contribution is 5.46. The highest BCUT2D eigenvalue weighted by Gasteiger charge is 2.11. The Hall–Kier alpha value is -1.81. The molecule has 0 unspecified atom stereocenters. The molecule has 0 spiro atoms. The molecule has 0 aliphatic rings. The van der Waals surface area contributed by atoms with Crippen molar-refractivity contribution < 1.29 is 4.42 Å². The number of aromatic nitrogens is 1. The molecule has 0 radical (unpaired) electrons. The Bertz CT molecular complexity index is 570. The molecule has 0 aromatic carbocycles. The molecule has 2 aromatic heterocycles. The Morgan fingerprint density at radius 1 is 1.33 bits per heavy atom. The second-order valence-electron chi connectivity index (χ2n) is 6.52. The lowest BCUT2D eigenvalue weighted by Gasteiger charge is -2.22. The van der Waals surface area contributed by atoms with Gasteiger partial charge in [0.15, 0.2) is 0 Å². The van der Waals surface area contributed by atoms with Crippen LogP contribution in [-0.2, 0) is 13.1 Å². The van der Waals surface area contributed by atoms with Gasteiger partial charge in [-0.25, -0.2) is 4.98 Å². The summed E-state index contributed by atoms with van der Waals surface area (Å²) in [6.45, 7) is 10.2. The number of nitrogens with one attached hydrogen (secondary N) is 1. The largest absolute Gasteiger partial charge is 0.467 e. The Morgan fingerprint density at radius 3 is 2.67 bits per heavy atom. The number of rotatable bonds is 5. The van der Waals surface area contributed by atoms with Gasteiger partial charge in [-0.15, -0.1) is 0 Å². The smallest absolute Gasteiger partial charge is 0.131 e. The highest BCUT2D eigenvalue weighted by atomic mass is 16.3. The quantitative estimate of drug-likeness (QED) is 0.913. The third kappa shape index (κ3) is 4.60. The van der Waals surface area contributed by atoms with Crippen molar-refractivity contribution in [1.82, 2.24) is 10.3 Å². The summed E-state index contributed by atoms with van der Waals surface area (Å²) in [5.74, 6) is 1.93. The van der Waals surface area contributed by atoms with Crippen LogP contribution in [0.5, 0.6) is 0 Å². The molecule has 0 aliphatic heterocycles. The van der Waals surface area contributed by atoms with Crippen LogP contribution in [0, 0.1) is 6.92 Å². The van der Waals surface area contributed by atoms with Gasteiger partial charge in [-0.1, -0.05) is 0 Å². The van der Waals surface area contributed by atoms with Crippen molar-refractivity contribution in [2.45, 2.75) is 46.3 Å². The normalized spacial score (nSPS) is 11.7. The predicted octanol–water partition coefficient (Wildman–Crippen LogP) is 3.51. The van der Waals surface area contributed by atoms with Crippen LogP contribution in [-0.4, -0.2) is 17.6 Å². The van der Waals surface area contributed by atoms with Gasteiger partial charge in [-0.2, -0.15) is 0 Å². The summed E-state index contributed by atoms with van der Waals surface area (Å²) in [5, 5.41) is 3.48. The molecule has 0 amide bonds. The summed E-state index contributed by atoms with van der Waals surface area (Å²) in [7, 11) is 2.03. The Morgan fingerprint density at radius 2 is 2.10 bits per heavy atom. The number of hydrogen-bond donors (Lipinski definition) is 1. The Balaban J connectivity index is 2.04. The average Bonchev–Trinajstić information content (AvgIpc) is 2.88.